The number of rotatable bonds is 5. The molecule has 0 bridgehead atoms. The molecule has 0 saturated carbocycles. The third-order valence-corrected chi connectivity index (χ3v) is 4.50. The Kier molecular flexibility index (Phi) is 5.73. The van der Waals surface area contributed by atoms with Crippen molar-refractivity contribution in [3.8, 4) is 0 Å². The number of halogens is 4. The number of likely N-dealkylation sites (N-methyl/N-ethyl adjacent to an activating group) is 1. The zero-order valence-electron chi connectivity index (χ0n) is 11.5. The van der Waals surface area contributed by atoms with Crippen molar-refractivity contribution in [1.29, 1.82) is 0 Å². The lowest BCUT2D eigenvalue weighted by atomic mass is 9.98. The molecule has 0 aliphatic carbocycles. The Labute approximate surface area is 136 Å². The molecule has 2 rings (SSSR count). The Balaban J connectivity index is 2.33. The van der Waals surface area contributed by atoms with Gasteiger partial charge in [-0.2, -0.15) is 0 Å². The smallest absolute Gasteiger partial charge is 0.129 e. The van der Waals surface area contributed by atoms with E-state index in [4.69, 9.17) is 11.6 Å². The first kappa shape index (κ1) is 16.4. The van der Waals surface area contributed by atoms with Gasteiger partial charge in [-0.1, -0.05) is 30.7 Å². The van der Waals surface area contributed by atoms with E-state index in [0.29, 0.717) is 11.6 Å². The van der Waals surface area contributed by atoms with Crippen molar-refractivity contribution in [3.05, 3.63) is 68.7 Å². The van der Waals surface area contributed by atoms with Crippen LogP contribution in [0, 0.1) is 11.6 Å². The molecule has 0 fully saturated rings. The highest BCUT2D eigenvalue weighted by Crippen LogP contribution is 2.28. The highest BCUT2D eigenvalue weighted by molar-refractivity contribution is 9.10. The molecule has 0 aliphatic heterocycles. The van der Waals surface area contributed by atoms with Crippen molar-refractivity contribution in [2.45, 2.75) is 19.4 Å². The van der Waals surface area contributed by atoms with Crippen LogP contribution in [0.2, 0.25) is 5.02 Å². The van der Waals surface area contributed by atoms with Crippen molar-refractivity contribution < 1.29 is 8.78 Å². The fraction of sp³-hybridized carbons (Fsp3) is 0.250. The number of hydrogen-bond acceptors (Lipinski definition) is 1. The molecule has 0 aliphatic rings. The van der Waals surface area contributed by atoms with Gasteiger partial charge in [-0.3, -0.25) is 0 Å². The van der Waals surface area contributed by atoms with E-state index in [1.165, 1.54) is 18.2 Å². The second kappa shape index (κ2) is 7.34. The lowest BCUT2D eigenvalue weighted by molar-refractivity contribution is 0.499. The first-order valence-corrected chi connectivity index (χ1v) is 7.81. The van der Waals surface area contributed by atoms with E-state index in [-0.39, 0.29) is 18.0 Å². The summed E-state index contributed by atoms with van der Waals surface area (Å²) in [4.78, 5) is 0. The van der Waals surface area contributed by atoms with Gasteiger partial charge in [-0.05, 0) is 58.7 Å². The Morgan fingerprint density at radius 2 is 1.86 bits per heavy atom. The predicted molar refractivity (Wildman–Crippen MR) is 85.6 cm³/mol. The third kappa shape index (κ3) is 4.02. The fourth-order valence-electron chi connectivity index (χ4n) is 2.21. The molecule has 2 aromatic carbocycles. The molecule has 0 spiro atoms. The maximum absolute atomic E-state index is 13.8. The van der Waals surface area contributed by atoms with Crippen molar-refractivity contribution in [2.75, 3.05) is 6.54 Å². The van der Waals surface area contributed by atoms with Crippen LogP contribution in [-0.2, 0) is 6.42 Å². The largest absolute Gasteiger partial charge is 0.310 e. The molecule has 0 amide bonds. The molecule has 1 N–H and O–H groups in total. The summed E-state index contributed by atoms with van der Waals surface area (Å²) < 4.78 is 28.4. The SMILES string of the molecule is CCNC(Cc1c(F)cccc1F)c1ccc(Br)c(Cl)c1. The minimum atomic E-state index is -0.527. The molecular formula is C16H15BrClF2N. The van der Waals surface area contributed by atoms with Gasteiger partial charge in [0.2, 0.25) is 0 Å². The van der Waals surface area contributed by atoms with Crippen molar-refractivity contribution >= 4 is 27.5 Å². The van der Waals surface area contributed by atoms with Crippen LogP contribution in [0.3, 0.4) is 0 Å². The molecule has 0 aromatic heterocycles. The lowest BCUT2D eigenvalue weighted by Gasteiger charge is -2.19. The predicted octanol–water partition coefficient (Wildman–Crippen LogP) is 5.27. The van der Waals surface area contributed by atoms with Gasteiger partial charge >= 0.3 is 0 Å². The van der Waals surface area contributed by atoms with E-state index in [9.17, 15) is 8.78 Å². The fourth-order valence-corrected chi connectivity index (χ4v) is 2.65. The summed E-state index contributed by atoms with van der Waals surface area (Å²) in [5, 5.41) is 3.81. The minimum absolute atomic E-state index is 0.0856. The van der Waals surface area contributed by atoms with E-state index in [1.807, 2.05) is 19.1 Å². The van der Waals surface area contributed by atoms with Crippen molar-refractivity contribution in [1.82, 2.24) is 5.32 Å². The molecule has 0 radical (unpaired) electrons. The lowest BCUT2D eigenvalue weighted by Crippen LogP contribution is -2.23. The average Bonchev–Trinajstić information content (AvgIpc) is 2.45. The van der Waals surface area contributed by atoms with Crippen LogP contribution in [-0.4, -0.2) is 6.54 Å². The van der Waals surface area contributed by atoms with Crippen molar-refractivity contribution in [3.63, 3.8) is 0 Å². The van der Waals surface area contributed by atoms with Gasteiger partial charge in [0.05, 0.1) is 5.02 Å². The first-order valence-electron chi connectivity index (χ1n) is 6.64. The zero-order chi connectivity index (χ0) is 15.4. The van der Waals surface area contributed by atoms with Gasteiger partial charge in [0.25, 0.3) is 0 Å². The molecule has 0 saturated heterocycles. The monoisotopic (exact) mass is 373 g/mol. The van der Waals surface area contributed by atoms with Crippen LogP contribution < -0.4 is 5.32 Å². The summed E-state index contributed by atoms with van der Waals surface area (Å²) in [5.41, 5.74) is 0.982. The zero-order valence-corrected chi connectivity index (χ0v) is 13.8. The highest BCUT2D eigenvalue weighted by atomic mass is 79.9. The molecule has 1 atom stereocenters. The molecule has 1 nitrogen and oxygen atoms in total. The molecule has 1 unspecified atom stereocenters. The molecule has 112 valence electrons. The van der Waals surface area contributed by atoms with Crippen LogP contribution in [0.25, 0.3) is 0 Å². The van der Waals surface area contributed by atoms with E-state index >= 15 is 0 Å². The molecule has 5 heteroatoms. The highest BCUT2D eigenvalue weighted by Gasteiger charge is 2.17. The quantitative estimate of drug-likeness (QED) is 0.751. The topological polar surface area (TPSA) is 12.0 Å². The van der Waals surface area contributed by atoms with Gasteiger partial charge in [0.15, 0.2) is 0 Å². The van der Waals surface area contributed by atoms with Crippen LogP contribution in [0.15, 0.2) is 40.9 Å². The Morgan fingerprint density at radius 3 is 2.43 bits per heavy atom. The van der Waals surface area contributed by atoms with Crippen LogP contribution in [0.1, 0.15) is 24.1 Å². The second-order valence-electron chi connectivity index (χ2n) is 4.69. The molecule has 0 heterocycles. The van der Waals surface area contributed by atoms with Crippen LogP contribution >= 0.6 is 27.5 Å². The standard InChI is InChI=1S/C16H15BrClF2N/c1-2-21-16(10-6-7-12(17)13(18)8-10)9-11-14(19)4-3-5-15(11)20/h3-8,16,21H,2,9H2,1H3. The molecule has 2 aromatic rings. The summed E-state index contributed by atoms with van der Waals surface area (Å²) in [6.45, 7) is 2.64. The maximum atomic E-state index is 13.8. The normalized spacial score (nSPS) is 12.4. The van der Waals surface area contributed by atoms with Gasteiger partial charge < -0.3 is 5.32 Å². The van der Waals surface area contributed by atoms with Crippen LogP contribution in [0.5, 0.6) is 0 Å². The van der Waals surface area contributed by atoms with E-state index < -0.39 is 11.6 Å². The number of nitrogens with one attached hydrogen (secondary N) is 1. The number of hydrogen-bond donors (Lipinski definition) is 1. The first-order chi connectivity index (χ1) is 10.0. The Morgan fingerprint density at radius 1 is 1.19 bits per heavy atom. The average molecular weight is 375 g/mol. The Bertz CT molecular complexity index is 613. The van der Waals surface area contributed by atoms with Gasteiger partial charge in [0, 0.05) is 16.1 Å². The Hall–Kier alpha value is -0.970. The van der Waals surface area contributed by atoms with Gasteiger partial charge in [0.1, 0.15) is 11.6 Å². The number of benzene rings is 2. The summed E-state index contributed by atoms with van der Waals surface area (Å²) >= 11 is 9.44. The van der Waals surface area contributed by atoms with Gasteiger partial charge in [-0.25, -0.2) is 8.78 Å². The summed E-state index contributed by atoms with van der Waals surface area (Å²) in [5.74, 6) is -1.05. The van der Waals surface area contributed by atoms with Crippen molar-refractivity contribution in [2.24, 2.45) is 0 Å². The summed E-state index contributed by atoms with van der Waals surface area (Å²) in [6, 6.07) is 9.24. The van der Waals surface area contributed by atoms with Gasteiger partial charge in [-0.15, -0.1) is 0 Å². The second-order valence-corrected chi connectivity index (χ2v) is 5.95. The van der Waals surface area contributed by atoms with Crippen LogP contribution in [0.4, 0.5) is 8.78 Å². The van der Waals surface area contributed by atoms with E-state index in [1.54, 1.807) is 6.07 Å². The minimum Gasteiger partial charge on any atom is -0.310 e. The van der Waals surface area contributed by atoms with E-state index in [0.717, 1.165) is 10.0 Å². The maximum Gasteiger partial charge on any atom is 0.129 e. The third-order valence-electron chi connectivity index (χ3n) is 3.27. The summed E-state index contributed by atoms with van der Waals surface area (Å²) in [7, 11) is 0. The molecule has 21 heavy (non-hydrogen) atoms. The molecular weight excluding hydrogens is 360 g/mol. The summed E-state index contributed by atoms with van der Waals surface area (Å²) in [6.07, 6.45) is 0.226. The van der Waals surface area contributed by atoms with E-state index in [2.05, 4.69) is 21.2 Å².